The summed E-state index contributed by atoms with van der Waals surface area (Å²) in [6, 6.07) is 52.1. The smallest absolute Gasteiger partial charge is 0.148 e. The Morgan fingerprint density at radius 3 is 2.07 bits per heavy atom. The molecule has 1 N–H and O–H groups in total. The zero-order valence-electron chi connectivity index (χ0n) is 31.0. The Hall–Kier alpha value is -5.57. The van der Waals surface area contributed by atoms with Crippen LogP contribution in [-0.2, 0) is 31.9 Å². The number of phenols is 1. The average molecular weight is 882 g/mol. The van der Waals surface area contributed by atoms with Crippen LogP contribution in [0.15, 0.2) is 146 Å². The average Bonchev–Trinajstić information content (AvgIpc) is 3.67. The third kappa shape index (κ3) is 5.81. The minimum Gasteiger partial charge on any atom is -0.507 e. The van der Waals surface area contributed by atoms with E-state index in [4.69, 9.17) is 9.97 Å². The summed E-state index contributed by atoms with van der Waals surface area (Å²) in [5.74, 6) is 0.883. The van der Waals surface area contributed by atoms with Crippen LogP contribution >= 0.6 is 0 Å². The number of hydrogen-bond acceptors (Lipinski definition) is 3. The van der Waals surface area contributed by atoms with Crippen molar-refractivity contribution in [3.8, 4) is 67.5 Å². The number of fused-ring (bicyclic) bond motifs is 4. The van der Waals surface area contributed by atoms with Crippen molar-refractivity contribution in [3.05, 3.63) is 168 Å². The van der Waals surface area contributed by atoms with Crippen LogP contribution in [-0.4, -0.2) is 19.6 Å². The normalized spacial score (nSPS) is 13.0. The van der Waals surface area contributed by atoms with Crippen molar-refractivity contribution >= 4 is 11.0 Å². The molecule has 0 radical (unpaired) electrons. The van der Waals surface area contributed by atoms with Crippen molar-refractivity contribution in [2.75, 3.05) is 0 Å². The molecule has 6 aromatic carbocycles. The van der Waals surface area contributed by atoms with E-state index in [1.54, 1.807) is 0 Å². The van der Waals surface area contributed by atoms with Crippen molar-refractivity contribution in [3.63, 3.8) is 0 Å². The van der Waals surface area contributed by atoms with E-state index >= 15 is 0 Å². The molecule has 54 heavy (non-hydrogen) atoms. The Labute approximate surface area is 331 Å². The molecule has 0 amide bonds. The van der Waals surface area contributed by atoms with Gasteiger partial charge in [0.1, 0.15) is 11.6 Å². The van der Waals surface area contributed by atoms with Crippen LogP contribution in [0.1, 0.15) is 51.3 Å². The summed E-state index contributed by atoms with van der Waals surface area (Å²) in [7, 11) is 0. The van der Waals surface area contributed by atoms with Crippen molar-refractivity contribution in [1.29, 1.82) is 0 Å². The fourth-order valence-corrected chi connectivity index (χ4v) is 8.00. The van der Waals surface area contributed by atoms with E-state index in [1.165, 1.54) is 16.7 Å². The van der Waals surface area contributed by atoms with Gasteiger partial charge in [0, 0.05) is 43.9 Å². The first kappa shape index (κ1) is 35.5. The third-order valence-electron chi connectivity index (χ3n) is 10.8. The molecule has 5 heteroatoms. The summed E-state index contributed by atoms with van der Waals surface area (Å²) < 4.78 is 2.22. The summed E-state index contributed by atoms with van der Waals surface area (Å²) in [5.41, 5.74) is 14.9. The zero-order chi connectivity index (χ0) is 36.5. The molecule has 0 bridgehead atoms. The van der Waals surface area contributed by atoms with Crippen LogP contribution in [0.4, 0.5) is 0 Å². The van der Waals surface area contributed by atoms with E-state index in [0.717, 1.165) is 61.4 Å². The van der Waals surface area contributed by atoms with Gasteiger partial charge in [0.25, 0.3) is 0 Å². The minimum absolute atomic E-state index is 0. The molecule has 4 nitrogen and oxygen atoms in total. The molecule has 9 rings (SSSR count). The first-order valence-electron chi connectivity index (χ1n) is 18.2. The van der Waals surface area contributed by atoms with E-state index < -0.39 is 0 Å². The molecular formula is C49H40N3OPt-. The molecular weight excluding hydrogens is 842 g/mol. The quantitative estimate of drug-likeness (QED) is 0.175. The predicted molar refractivity (Wildman–Crippen MR) is 217 cm³/mol. The van der Waals surface area contributed by atoms with Crippen molar-refractivity contribution in [1.82, 2.24) is 14.5 Å². The number of phenolic OH excluding ortho intramolecular Hbond substituents is 1. The van der Waals surface area contributed by atoms with E-state index in [9.17, 15) is 5.11 Å². The Morgan fingerprint density at radius 2 is 1.31 bits per heavy atom. The van der Waals surface area contributed by atoms with Gasteiger partial charge in [0.15, 0.2) is 0 Å². The Balaban J connectivity index is 0.00000413. The molecule has 0 aliphatic heterocycles. The van der Waals surface area contributed by atoms with Gasteiger partial charge in [0.05, 0.1) is 22.3 Å². The van der Waals surface area contributed by atoms with Gasteiger partial charge in [-0.25, -0.2) is 4.98 Å². The Kier molecular flexibility index (Phi) is 8.78. The van der Waals surface area contributed by atoms with E-state index in [2.05, 4.69) is 154 Å². The maximum absolute atomic E-state index is 12.0. The van der Waals surface area contributed by atoms with Crippen LogP contribution in [0.2, 0.25) is 0 Å². The number of imidazole rings is 1. The first-order valence-corrected chi connectivity index (χ1v) is 18.2. The Bertz CT molecular complexity index is 2690. The second-order valence-corrected chi connectivity index (χ2v) is 15.6. The Morgan fingerprint density at radius 1 is 0.630 bits per heavy atom. The molecule has 0 saturated heterocycles. The van der Waals surface area contributed by atoms with Gasteiger partial charge in [-0.3, -0.25) is 9.55 Å². The van der Waals surface area contributed by atoms with Crippen molar-refractivity contribution in [2.45, 2.75) is 45.4 Å². The number of benzene rings is 6. The maximum atomic E-state index is 12.0. The summed E-state index contributed by atoms with van der Waals surface area (Å²) >= 11 is 0. The number of aromatic hydroxyl groups is 1. The molecule has 0 saturated carbocycles. The van der Waals surface area contributed by atoms with Gasteiger partial charge in [-0.05, 0) is 63.6 Å². The molecule has 8 aromatic rings. The van der Waals surface area contributed by atoms with Gasteiger partial charge < -0.3 is 5.11 Å². The van der Waals surface area contributed by atoms with Gasteiger partial charge in [-0.15, -0.1) is 29.3 Å². The van der Waals surface area contributed by atoms with Gasteiger partial charge in [-0.2, -0.15) is 0 Å². The number of nitrogens with zero attached hydrogens (tertiary/aromatic N) is 3. The fourth-order valence-electron chi connectivity index (χ4n) is 8.00. The number of para-hydroxylation sites is 2. The van der Waals surface area contributed by atoms with E-state index in [1.807, 2.05) is 36.5 Å². The van der Waals surface area contributed by atoms with E-state index in [0.29, 0.717) is 11.4 Å². The molecule has 268 valence electrons. The van der Waals surface area contributed by atoms with Crippen LogP contribution in [0.25, 0.3) is 72.7 Å². The van der Waals surface area contributed by atoms with Gasteiger partial charge >= 0.3 is 0 Å². The second-order valence-electron chi connectivity index (χ2n) is 15.6. The molecule has 2 aromatic heterocycles. The first-order chi connectivity index (χ1) is 25.6. The topological polar surface area (TPSA) is 50.9 Å². The molecule has 0 atom stereocenters. The standard InChI is InChI=1S/C49H40N3O.Pt/c1-48(2,3)34-27-32(26-33(28-34)42-22-13-14-25-50-42)36-20-15-24-44-46(36)51-47(52(44)43-23-12-10-18-35(43)31-16-7-6-8-17-31)39-29-38-37-19-9-11-21-40(37)49(4,5)41(38)30-45(39)53;/h6-25,27-30,53H,1-5H3;/q-1;. The molecule has 1 aliphatic carbocycles. The molecule has 0 fully saturated rings. The fraction of sp³-hybridized carbons (Fsp3) is 0.143. The maximum Gasteiger partial charge on any atom is 0.148 e. The van der Waals surface area contributed by atoms with Crippen molar-refractivity contribution in [2.24, 2.45) is 0 Å². The number of aromatic nitrogens is 3. The number of hydrogen-bond donors (Lipinski definition) is 1. The molecule has 2 heterocycles. The summed E-state index contributed by atoms with van der Waals surface area (Å²) in [4.78, 5) is 10.2. The monoisotopic (exact) mass is 881 g/mol. The third-order valence-corrected chi connectivity index (χ3v) is 10.8. The van der Waals surface area contributed by atoms with Crippen molar-refractivity contribution < 1.29 is 26.2 Å². The zero-order valence-corrected chi connectivity index (χ0v) is 33.2. The van der Waals surface area contributed by atoms with Crippen LogP contribution < -0.4 is 0 Å². The van der Waals surface area contributed by atoms with Gasteiger partial charge in [-0.1, -0.05) is 143 Å². The molecule has 0 unspecified atom stereocenters. The second kappa shape index (κ2) is 13.4. The largest absolute Gasteiger partial charge is 0.507 e. The summed E-state index contributed by atoms with van der Waals surface area (Å²) in [5, 5.41) is 12.0. The number of rotatable bonds is 5. The summed E-state index contributed by atoms with van der Waals surface area (Å²) in [6.07, 6.45) is 1.83. The van der Waals surface area contributed by atoms with Crippen LogP contribution in [0, 0.1) is 6.07 Å². The predicted octanol–water partition coefficient (Wildman–Crippen LogP) is 12.2. The van der Waals surface area contributed by atoms with Crippen LogP contribution in [0.5, 0.6) is 5.75 Å². The van der Waals surface area contributed by atoms with Crippen LogP contribution in [0.3, 0.4) is 0 Å². The summed E-state index contributed by atoms with van der Waals surface area (Å²) in [6.45, 7) is 11.2. The molecule has 0 spiro atoms. The molecule has 1 aliphatic rings. The van der Waals surface area contributed by atoms with E-state index in [-0.39, 0.29) is 37.6 Å². The van der Waals surface area contributed by atoms with Gasteiger partial charge in [0.2, 0.25) is 0 Å². The SMILES string of the molecule is CC(C)(C)c1cc(-c2ccccn2)[c-]c(-c2cccc3c2nc(-c2cc4c(cc2O)C(C)(C)c2ccccc2-4)n3-c2ccccc2-c2ccccc2)c1.[Pt]. The number of pyridine rings is 1. The minimum atomic E-state index is -0.242.